The Morgan fingerprint density at radius 2 is 1.67 bits per heavy atom. The molecule has 18 heavy (non-hydrogen) atoms. The summed E-state index contributed by atoms with van der Waals surface area (Å²) in [6, 6.07) is 3.60. The van der Waals surface area contributed by atoms with Gasteiger partial charge in [-0.15, -0.1) is 0 Å². The summed E-state index contributed by atoms with van der Waals surface area (Å²) >= 11 is 5.67. The van der Waals surface area contributed by atoms with E-state index >= 15 is 0 Å². The SMILES string of the molecule is Nc1cc(-c2cnc(Cl)nc2)c2nccnc2c1. The van der Waals surface area contributed by atoms with Crippen molar-refractivity contribution >= 4 is 28.3 Å². The smallest absolute Gasteiger partial charge is 0.222 e. The molecule has 0 aliphatic heterocycles. The van der Waals surface area contributed by atoms with Gasteiger partial charge in [-0.2, -0.15) is 0 Å². The minimum Gasteiger partial charge on any atom is -0.399 e. The second-order valence-corrected chi connectivity index (χ2v) is 4.07. The zero-order valence-corrected chi connectivity index (χ0v) is 9.96. The van der Waals surface area contributed by atoms with E-state index in [0.717, 1.165) is 22.2 Å². The number of hydrogen-bond donors (Lipinski definition) is 1. The first-order valence-electron chi connectivity index (χ1n) is 5.22. The van der Waals surface area contributed by atoms with Gasteiger partial charge in [-0.05, 0) is 23.7 Å². The summed E-state index contributed by atoms with van der Waals surface area (Å²) in [4.78, 5) is 16.5. The fourth-order valence-corrected chi connectivity index (χ4v) is 1.87. The van der Waals surface area contributed by atoms with Crippen molar-refractivity contribution < 1.29 is 0 Å². The molecule has 5 nitrogen and oxygen atoms in total. The Hall–Kier alpha value is -2.27. The normalized spacial score (nSPS) is 10.7. The number of nitrogens with two attached hydrogens (primary N) is 1. The summed E-state index contributed by atoms with van der Waals surface area (Å²) in [6.07, 6.45) is 6.54. The molecule has 0 unspecified atom stereocenters. The van der Waals surface area contributed by atoms with Crippen molar-refractivity contribution in [1.29, 1.82) is 0 Å². The van der Waals surface area contributed by atoms with Crippen LogP contribution in [0.3, 0.4) is 0 Å². The standard InChI is InChI=1S/C12H8ClN5/c13-12-17-5-7(6-18-12)9-3-8(14)4-10-11(9)16-2-1-15-10/h1-6H,14H2. The minimum atomic E-state index is 0.207. The molecule has 3 rings (SSSR count). The van der Waals surface area contributed by atoms with Crippen LogP contribution in [0.15, 0.2) is 36.9 Å². The molecule has 0 aliphatic carbocycles. The van der Waals surface area contributed by atoms with Crippen LogP contribution in [0.4, 0.5) is 5.69 Å². The Balaban J connectivity index is 2.31. The van der Waals surface area contributed by atoms with Crippen LogP contribution in [-0.2, 0) is 0 Å². The van der Waals surface area contributed by atoms with Crippen LogP contribution in [0.5, 0.6) is 0 Å². The van der Waals surface area contributed by atoms with Crippen LogP contribution in [-0.4, -0.2) is 19.9 Å². The van der Waals surface area contributed by atoms with Crippen molar-refractivity contribution in [2.75, 3.05) is 5.73 Å². The topological polar surface area (TPSA) is 77.6 Å². The van der Waals surface area contributed by atoms with E-state index in [9.17, 15) is 0 Å². The van der Waals surface area contributed by atoms with E-state index in [4.69, 9.17) is 17.3 Å². The van der Waals surface area contributed by atoms with Crippen LogP contribution in [0.1, 0.15) is 0 Å². The zero-order valence-electron chi connectivity index (χ0n) is 9.21. The largest absolute Gasteiger partial charge is 0.399 e. The summed E-state index contributed by atoms with van der Waals surface area (Å²) < 4.78 is 0. The van der Waals surface area contributed by atoms with E-state index in [1.54, 1.807) is 30.9 Å². The molecule has 0 amide bonds. The van der Waals surface area contributed by atoms with E-state index in [-0.39, 0.29) is 5.28 Å². The van der Waals surface area contributed by atoms with E-state index < -0.39 is 0 Å². The van der Waals surface area contributed by atoms with Crippen molar-refractivity contribution in [2.45, 2.75) is 0 Å². The first-order chi connectivity index (χ1) is 8.74. The molecular weight excluding hydrogens is 250 g/mol. The Morgan fingerprint density at radius 3 is 2.44 bits per heavy atom. The molecule has 0 radical (unpaired) electrons. The quantitative estimate of drug-likeness (QED) is 0.535. The Kier molecular flexibility index (Phi) is 2.53. The molecule has 2 N–H and O–H groups in total. The highest BCUT2D eigenvalue weighted by molar-refractivity contribution is 6.28. The summed E-state index contributed by atoms with van der Waals surface area (Å²) in [5.41, 5.74) is 9.62. The van der Waals surface area contributed by atoms with Crippen LogP contribution in [0.25, 0.3) is 22.2 Å². The van der Waals surface area contributed by atoms with Crippen molar-refractivity contribution in [3.05, 3.63) is 42.2 Å². The second-order valence-electron chi connectivity index (χ2n) is 3.73. The zero-order chi connectivity index (χ0) is 12.5. The van der Waals surface area contributed by atoms with Gasteiger partial charge in [-0.3, -0.25) is 9.97 Å². The number of nitrogens with zero attached hydrogens (tertiary/aromatic N) is 4. The molecule has 1 aromatic carbocycles. The predicted octanol–water partition coefficient (Wildman–Crippen LogP) is 2.32. The molecule has 0 bridgehead atoms. The number of halogens is 1. The molecule has 0 fully saturated rings. The summed E-state index contributed by atoms with van der Waals surface area (Å²) in [5.74, 6) is 0. The molecule has 0 saturated heterocycles. The van der Waals surface area contributed by atoms with Crippen LogP contribution < -0.4 is 5.73 Å². The number of fused-ring (bicyclic) bond motifs is 1. The van der Waals surface area contributed by atoms with Gasteiger partial charge in [0.25, 0.3) is 0 Å². The van der Waals surface area contributed by atoms with E-state index in [1.807, 2.05) is 6.07 Å². The fraction of sp³-hybridized carbons (Fsp3) is 0. The maximum atomic E-state index is 5.86. The monoisotopic (exact) mass is 257 g/mol. The van der Waals surface area contributed by atoms with Gasteiger partial charge in [0.1, 0.15) is 0 Å². The number of anilines is 1. The van der Waals surface area contributed by atoms with Crippen LogP contribution in [0, 0.1) is 0 Å². The molecule has 0 saturated carbocycles. The summed E-state index contributed by atoms with van der Waals surface area (Å²) in [7, 11) is 0. The van der Waals surface area contributed by atoms with E-state index in [2.05, 4.69) is 19.9 Å². The molecule has 0 atom stereocenters. The highest BCUT2D eigenvalue weighted by Crippen LogP contribution is 2.28. The lowest BCUT2D eigenvalue weighted by Crippen LogP contribution is -1.93. The van der Waals surface area contributed by atoms with Gasteiger partial charge in [0.15, 0.2) is 0 Å². The maximum Gasteiger partial charge on any atom is 0.222 e. The molecule has 88 valence electrons. The minimum absolute atomic E-state index is 0.207. The lowest BCUT2D eigenvalue weighted by molar-refractivity contribution is 1.17. The van der Waals surface area contributed by atoms with Gasteiger partial charge in [0.05, 0.1) is 11.0 Å². The fourth-order valence-electron chi connectivity index (χ4n) is 1.77. The second kappa shape index (κ2) is 4.19. The summed E-state index contributed by atoms with van der Waals surface area (Å²) in [6.45, 7) is 0. The Morgan fingerprint density at radius 1 is 0.944 bits per heavy atom. The molecule has 6 heteroatoms. The third-order valence-electron chi connectivity index (χ3n) is 2.53. The maximum absolute atomic E-state index is 5.86. The summed E-state index contributed by atoms with van der Waals surface area (Å²) in [5, 5.41) is 0.207. The van der Waals surface area contributed by atoms with Crippen molar-refractivity contribution in [3.8, 4) is 11.1 Å². The number of nitrogen functional groups attached to an aromatic ring is 1. The number of aromatic nitrogens is 4. The third kappa shape index (κ3) is 1.84. The molecule has 0 aliphatic rings. The number of benzene rings is 1. The van der Waals surface area contributed by atoms with Crippen LogP contribution >= 0.6 is 11.6 Å². The van der Waals surface area contributed by atoms with Gasteiger partial charge < -0.3 is 5.73 Å². The molecule has 2 heterocycles. The molecule has 3 aromatic rings. The molecular formula is C12H8ClN5. The van der Waals surface area contributed by atoms with E-state index in [1.165, 1.54) is 0 Å². The predicted molar refractivity (Wildman–Crippen MR) is 70.0 cm³/mol. The highest BCUT2D eigenvalue weighted by atomic mass is 35.5. The van der Waals surface area contributed by atoms with Crippen molar-refractivity contribution in [3.63, 3.8) is 0 Å². The highest BCUT2D eigenvalue weighted by Gasteiger charge is 2.08. The lowest BCUT2D eigenvalue weighted by Gasteiger charge is -2.06. The van der Waals surface area contributed by atoms with Crippen molar-refractivity contribution in [2.24, 2.45) is 0 Å². The van der Waals surface area contributed by atoms with Crippen molar-refractivity contribution in [1.82, 2.24) is 19.9 Å². The number of hydrogen-bond acceptors (Lipinski definition) is 5. The van der Waals surface area contributed by atoms with Gasteiger partial charge in [0, 0.05) is 41.6 Å². The average molecular weight is 258 g/mol. The first-order valence-corrected chi connectivity index (χ1v) is 5.60. The van der Waals surface area contributed by atoms with Gasteiger partial charge in [-0.1, -0.05) is 0 Å². The Labute approximate surface area is 108 Å². The molecule has 0 spiro atoms. The molecule has 2 aromatic heterocycles. The third-order valence-corrected chi connectivity index (χ3v) is 2.72. The van der Waals surface area contributed by atoms with Gasteiger partial charge >= 0.3 is 0 Å². The average Bonchev–Trinajstić information content (AvgIpc) is 2.38. The van der Waals surface area contributed by atoms with Gasteiger partial charge in [0.2, 0.25) is 5.28 Å². The number of rotatable bonds is 1. The van der Waals surface area contributed by atoms with Crippen LogP contribution in [0.2, 0.25) is 5.28 Å². The van der Waals surface area contributed by atoms with Gasteiger partial charge in [-0.25, -0.2) is 9.97 Å². The Bertz CT molecular complexity index is 711. The lowest BCUT2D eigenvalue weighted by atomic mass is 10.1. The first kappa shape index (κ1) is 10.9. The van der Waals surface area contributed by atoms with E-state index in [0.29, 0.717) is 5.69 Å².